The van der Waals surface area contributed by atoms with Crippen LogP contribution in [0.15, 0.2) is 77.9 Å². The summed E-state index contributed by atoms with van der Waals surface area (Å²) in [4.78, 5) is 22.9. The van der Waals surface area contributed by atoms with E-state index in [4.69, 9.17) is 11.6 Å². The Morgan fingerprint density at radius 3 is 2.29 bits per heavy atom. The lowest BCUT2D eigenvalue weighted by atomic mass is 10.1. The summed E-state index contributed by atoms with van der Waals surface area (Å²) in [5, 5.41) is 15.5. The van der Waals surface area contributed by atoms with Crippen LogP contribution in [-0.4, -0.2) is 31.2 Å². The van der Waals surface area contributed by atoms with Crippen molar-refractivity contribution in [3.63, 3.8) is 0 Å². The minimum Gasteiger partial charge on any atom is -0.267 e. The van der Waals surface area contributed by atoms with Crippen LogP contribution < -0.4 is 9.73 Å². The Bertz CT molecular complexity index is 1340. The quantitative estimate of drug-likeness (QED) is 0.279. The second kappa shape index (κ2) is 10.4. The Morgan fingerprint density at radius 2 is 1.71 bits per heavy atom. The molecule has 1 amide bonds. The first-order valence-electron chi connectivity index (χ1n) is 9.96. The predicted octanol–water partition coefficient (Wildman–Crippen LogP) is 4.37. The Kier molecular flexibility index (Phi) is 7.64. The Balaban J connectivity index is 1.74. The number of hydrazone groups is 1. The summed E-state index contributed by atoms with van der Waals surface area (Å²) >= 11 is 5.90. The van der Waals surface area contributed by atoms with E-state index in [1.54, 1.807) is 37.3 Å². The molecule has 0 atom stereocenters. The van der Waals surface area contributed by atoms with E-state index in [1.165, 1.54) is 46.8 Å². The number of hydrogen-bond acceptors (Lipinski definition) is 6. The average Bonchev–Trinajstić information content (AvgIpc) is 2.81. The normalized spacial score (nSPS) is 11.7. The number of nitrogens with one attached hydrogen (secondary N) is 1. The number of carbonyl (C=O) groups is 1. The monoisotopic (exact) mass is 500 g/mol. The number of benzene rings is 3. The average molecular weight is 501 g/mol. The molecule has 0 fully saturated rings. The lowest BCUT2D eigenvalue weighted by Gasteiger charge is -2.22. The van der Waals surface area contributed by atoms with Crippen molar-refractivity contribution in [2.75, 3.05) is 10.6 Å². The van der Waals surface area contributed by atoms with E-state index in [-0.39, 0.29) is 17.8 Å². The van der Waals surface area contributed by atoms with Gasteiger partial charge in [0, 0.05) is 28.3 Å². The molecular formula is C23H21ClN4O5S. The Morgan fingerprint density at radius 1 is 1.06 bits per heavy atom. The van der Waals surface area contributed by atoms with E-state index in [0.29, 0.717) is 22.0 Å². The topological polar surface area (TPSA) is 122 Å². The number of nitrogens with zero attached hydrogens (tertiary/aromatic N) is 3. The number of nitro benzene ring substituents is 1. The van der Waals surface area contributed by atoms with Crippen LogP contribution in [-0.2, 0) is 16.6 Å². The second-order valence-corrected chi connectivity index (χ2v) is 9.73. The van der Waals surface area contributed by atoms with E-state index >= 15 is 0 Å². The van der Waals surface area contributed by atoms with Crippen LogP contribution in [0.1, 0.15) is 28.4 Å². The lowest BCUT2D eigenvalue weighted by molar-refractivity contribution is -0.384. The van der Waals surface area contributed by atoms with Crippen LogP contribution in [0.2, 0.25) is 5.02 Å². The molecule has 1 N–H and O–H groups in total. The summed E-state index contributed by atoms with van der Waals surface area (Å²) in [6, 6.07) is 18.8. The van der Waals surface area contributed by atoms with E-state index in [1.807, 2.05) is 0 Å². The number of amides is 1. The molecular weight excluding hydrogens is 480 g/mol. The van der Waals surface area contributed by atoms with Crippen molar-refractivity contribution in [3.05, 3.63) is 105 Å². The maximum absolute atomic E-state index is 12.5. The van der Waals surface area contributed by atoms with Gasteiger partial charge in [0.1, 0.15) is 0 Å². The van der Waals surface area contributed by atoms with Crippen molar-refractivity contribution in [1.29, 1.82) is 0 Å². The fourth-order valence-electron chi connectivity index (χ4n) is 3.04. The van der Waals surface area contributed by atoms with Crippen molar-refractivity contribution in [2.45, 2.75) is 13.5 Å². The molecule has 0 spiro atoms. The first kappa shape index (κ1) is 24.9. The van der Waals surface area contributed by atoms with Gasteiger partial charge in [-0.05, 0) is 48.9 Å². The van der Waals surface area contributed by atoms with Crippen LogP contribution in [0, 0.1) is 10.1 Å². The van der Waals surface area contributed by atoms with Gasteiger partial charge in [-0.3, -0.25) is 19.2 Å². The highest BCUT2D eigenvalue weighted by molar-refractivity contribution is 7.92. The minimum atomic E-state index is -3.59. The number of sulfonamides is 1. The van der Waals surface area contributed by atoms with E-state index < -0.39 is 20.9 Å². The zero-order valence-electron chi connectivity index (χ0n) is 18.3. The number of rotatable bonds is 8. The number of anilines is 1. The molecule has 3 aromatic carbocycles. The summed E-state index contributed by atoms with van der Waals surface area (Å²) in [7, 11) is -3.59. The number of hydrogen-bond donors (Lipinski definition) is 1. The molecule has 0 saturated heterocycles. The highest BCUT2D eigenvalue weighted by Gasteiger charge is 2.18. The molecule has 3 rings (SSSR count). The van der Waals surface area contributed by atoms with Gasteiger partial charge in [-0.15, -0.1) is 0 Å². The number of non-ortho nitro benzene ring substituents is 1. The van der Waals surface area contributed by atoms with Crippen molar-refractivity contribution < 1.29 is 18.1 Å². The van der Waals surface area contributed by atoms with Gasteiger partial charge >= 0.3 is 0 Å². The molecule has 0 aliphatic heterocycles. The minimum absolute atomic E-state index is 0.0806. The molecule has 0 aliphatic carbocycles. The Labute approximate surface area is 201 Å². The highest BCUT2D eigenvalue weighted by atomic mass is 35.5. The van der Waals surface area contributed by atoms with Crippen LogP contribution >= 0.6 is 11.6 Å². The maximum atomic E-state index is 12.5. The standard InChI is InChI=1S/C23H21ClN4O5S/c1-16(19-4-3-5-22(14-19)28(30)31)25-26-23(29)18-8-12-21(13-9-18)27(34(2,32)33)15-17-6-10-20(24)11-7-17/h3-14H,15H2,1-2H3,(H,26,29)/b25-16+. The third kappa shape index (κ3) is 6.40. The highest BCUT2D eigenvalue weighted by Crippen LogP contribution is 2.22. The predicted molar refractivity (Wildman–Crippen MR) is 132 cm³/mol. The summed E-state index contributed by atoms with van der Waals surface area (Å²) < 4.78 is 25.9. The fourth-order valence-corrected chi connectivity index (χ4v) is 4.06. The van der Waals surface area contributed by atoms with Crippen LogP contribution in [0.25, 0.3) is 0 Å². The molecule has 0 aromatic heterocycles. The SMILES string of the molecule is C/C(=N\NC(=O)c1ccc(N(Cc2ccc(Cl)cc2)S(C)(=O)=O)cc1)c1cccc([N+](=O)[O-])c1. The van der Waals surface area contributed by atoms with Gasteiger partial charge in [-0.25, -0.2) is 13.8 Å². The van der Waals surface area contributed by atoms with Crippen molar-refractivity contribution in [1.82, 2.24) is 5.43 Å². The fraction of sp³-hybridized carbons (Fsp3) is 0.130. The zero-order chi connectivity index (χ0) is 24.9. The van der Waals surface area contributed by atoms with Crippen LogP contribution in [0.4, 0.5) is 11.4 Å². The van der Waals surface area contributed by atoms with Gasteiger partial charge in [-0.1, -0.05) is 35.9 Å². The first-order valence-corrected chi connectivity index (χ1v) is 12.2. The molecule has 3 aromatic rings. The lowest BCUT2D eigenvalue weighted by Crippen LogP contribution is -2.29. The molecule has 0 saturated carbocycles. The number of halogens is 1. The molecule has 34 heavy (non-hydrogen) atoms. The molecule has 0 heterocycles. The van der Waals surface area contributed by atoms with Gasteiger partial charge in [0.25, 0.3) is 11.6 Å². The molecule has 11 heteroatoms. The largest absolute Gasteiger partial charge is 0.271 e. The Hall–Kier alpha value is -3.76. The van der Waals surface area contributed by atoms with Crippen LogP contribution in [0.5, 0.6) is 0 Å². The summed E-state index contributed by atoms with van der Waals surface area (Å²) in [5.74, 6) is -0.514. The number of nitro groups is 1. The summed E-state index contributed by atoms with van der Waals surface area (Å²) in [6.07, 6.45) is 1.11. The van der Waals surface area contributed by atoms with Gasteiger partial charge in [0.05, 0.1) is 29.1 Å². The van der Waals surface area contributed by atoms with Gasteiger partial charge in [0.15, 0.2) is 0 Å². The van der Waals surface area contributed by atoms with E-state index in [2.05, 4.69) is 10.5 Å². The van der Waals surface area contributed by atoms with Gasteiger partial charge < -0.3 is 0 Å². The van der Waals surface area contributed by atoms with Crippen molar-refractivity contribution in [3.8, 4) is 0 Å². The first-order chi connectivity index (χ1) is 16.0. The molecule has 0 aliphatic rings. The zero-order valence-corrected chi connectivity index (χ0v) is 19.9. The van der Waals surface area contributed by atoms with Crippen LogP contribution in [0.3, 0.4) is 0 Å². The second-order valence-electron chi connectivity index (χ2n) is 7.39. The van der Waals surface area contributed by atoms with Crippen molar-refractivity contribution in [2.24, 2.45) is 5.10 Å². The maximum Gasteiger partial charge on any atom is 0.271 e. The molecule has 9 nitrogen and oxygen atoms in total. The smallest absolute Gasteiger partial charge is 0.267 e. The summed E-state index contributed by atoms with van der Waals surface area (Å²) in [5.41, 5.74) is 4.62. The van der Waals surface area contributed by atoms with Crippen molar-refractivity contribution >= 4 is 44.6 Å². The number of carbonyl (C=O) groups excluding carboxylic acids is 1. The molecule has 0 radical (unpaired) electrons. The van der Waals surface area contributed by atoms with Gasteiger partial charge in [0.2, 0.25) is 10.0 Å². The summed E-state index contributed by atoms with van der Waals surface area (Å²) in [6.45, 7) is 1.72. The third-order valence-corrected chi connectivity index (χ3v) is 6.25. The van der Waals surface area contributed by atoms with Gasteiger partial charge in [-0.2, -0.15) is 5.10 Å². The molecule has 176 valence electrons. The van der Waals surface area contributed by atoms with E-state index in [9.17, 15) is 23.3 Å². The molecule has 0 bridgehead atoms. The van der Waals surface area contributed by atoms with E-state index in [0.717, 1.165) is 11.8 Å². The molecule has 0 unspecified atom stereocenters. The third-order valence-electron chi connectivity index (χ3n) is 4.86.